The summed E-state index contributed by atoms with van der Waals surface area (Å²) in [4.78, 5) is 8.27. The van der Waals surface area contributed by atoms with Crippen molar-refractivity contribution in [2.45, 2.75) is 50.3 Å². The monoisotopic (exact) mass is 418 g/mol. The minimum absolute atomic E-state index is 0.176. The zero-order valence-corrected chi connectivity index (χ0v) is 16.2. The molecule has 4 heterocycles. The lowest BCUT2D eigenvalue weighted by Crippen LogP contribution is -2.34. The number of halogens is 2. The molecule has 0 saturated carbocycles. The number of rotatable bonds is 3. The summed E-state index contributed by atoms with van der Waals surface area (Å²) in [6.45, 7) is 3.52. The first-order valence-electron chi connectivity index (χ1n) is 9.46. The molecule has 8 nitrogen and oxygen atoms in total. The average Bonchev–Trinajstić information content (AvgIpc) is 3.34. The molecule has 0 unspecified atom stereocenters. The third-order valence-electron chi connectivity index (χ3n) is 5.48. The fourth-order valence-electron chi connectivity index (χ4n) is 4.17. The van der Waals surface area contributed by atoms with E-state index in [2.05, 4.69) is 9.97 Å². The first-order valence-corrected chi connectivity index (χ1v) is 9.46. The average molecular weight is 418 g/mol. The zero-order chi connectivity index (χ0) is 21.2. The van der Waals surface area contributed by atoms with Gasteiger partial charge in [-0.25, -0.2) is 18.7 Å². The topological polar surface area (TPSA) is 105 Å². The van der Waals surface area contributed by atoms with Crippen LogP contribution in [0.1, 0.15) is 31.7 Å². The van der Waals surface area contributed by atoms with Crippen LogP contribution < -0.4 is 5.73 Å². The molecular weight excluding hydrogens is 398 g/mol. The quantitative estimate of drug-likeness (QED) is 0.673. The largest absolute Gasteiger partial charge is 0.386 e. The molecule has 2 aromatic heterocycles. The summed E-state index contributed by atoms with van der Waals surface area (Å²) in [7, 11) is 0. The lowest BCUT2D eigenvalue weighted by Gasteiger charge is -2.27. The summed E-state index contributed by atoms with van der Waals surface area (Å²) in [5, 5.41) is 11.6. The van der Waals surface area contributed by atoms with E-state index < -0.39 is 48.1 Å². The summed E-state index contributed by atoms with van der Waals surface area (Å²) in [6.07, 6.45) is -0.960. The van der Waals surface area contributed by atoms with Gasteiger partial charge in [0.25, 0.3) is 0 Å². The standard InChI is InChI=1S/C20H20F2N4O4/c1-20(2)29-15-14(13(27)9-3-4-11(21)12(22)7-9)28-19(16(15)30-20)26-6-5-10-17(23)24-8-25-18(10)26/h3-8,13-16,19,27H,1-2H3,(H2,23,24,25)/t13-,14-,15-,16-,19-/m1/s1. The number of ether oxygens (including phenoxy) is 3. The SMILES string of the molecule is CC1(C)O[C@H]2[C@@H](O1)[C@H](n1ccc3c(N)ncnc31)O[C@@H]2[C@H](O)c1ccc(F)c(F)c1. The molecule has 0 amide bonds. The van der Waals surface area contributed by atoms with Crippen molar-refractivity contribution in [2.75, 3.05) is 5.73 Å². The van der Waals surface area contributed by atoms with Crippen molar-refractivity contribution in [1.29, 1.82) is 0 Å². The first kappa shape index (κ1) is 19.3. The highest BCUT2D eigenvalue weighted by atomic mass is 19.2. The van der Waals surface area contributed by atoms with E-state index in [9.17, 15) is 13.9 Å². The van der Waals surface area contributed by atoms with E-state index in [1.807, 2.05) is 0 Å². The van der Waals surface area contributed by atoms with Crippen LogP contribution in [-0.4, -0.2) is 43.7 Å². The van der Waals surface area contributed by atoms with Gasteiger partial charge in [-0.3, -0.25) is 0 Å². The van der Waals surface area contributed by atoms with Gasteiger partial charge in [0.2, 0.25) is 0 Å². The molecule has 1 aromatic carbocycles. The van der Waals surface area contributed by atoms with E-state index >= 15 is 0 Å². The smallest absolute Gasteiger partial charge is 0.164 e. The Kier molecular flexibility index (Phi) is 4.30. The van der Waals surface area contributed by atoms with E-state index in [1.54, 1.807) is 30.7 Å². The maximum Gasteiger partial charge on any atom is 0.164 e. The second-order valence-corrected chi connectivity index (χ2v) is 7.89. The molecule has 30 heavy (non-hydrogen) atoms. The van der Waals surface area contributed by atoms with Crippen LogP contribution in [0.2, 0.25) is 0 Å². The Morgan fingerprint density at radius 3 is 2.67 bits per heavy atom. The molecule has 0 radical (unpaired) electrons. The number of aliphatic hydroxyl groups excluding tert-OH is 1. The molecule has 10 heteroatoms. The maximum absolute atomic E-state index is 13.7. The predicted molar refractivity (Wildman–Crippen MR) is 101 cm³/mol. The highest BCUT2D eigenvalue weighted by Gasteiger charge is 2.58. The molecule has 2 fully saturated rings. The molecule has 158 valence electrons. The van der Waals surface area contributed by atoms with Crippen molar-refractivity contribution in [1.82, 2.24) is 14.5 Å². The van der Waals surface area contributed by atoms with Crippen LogP contribution in [-0.2, 0) is 14.2 Å². The molecule has 2 saturated heterocycles. The first-order chi connectivity index (χ1) is 14.2. The Morgan fingerprint density at radius 2 is 1.90 bits per heavy atom. The van der Waals surface area contributed by atoms with Gasteiger partial charge in [0.1, 0.15) is 42.2 Å². The second kappa shape index (κ2) is 6.67. The van der Waals surface area contributed by atoms with E-state index in [-0.39, 0.29) is 5.56 Å². The molecule has 5 rings (SSSR count). The molecule has 0 bridgehead atoms. The Hall–Kier alpha value is -2.66. The number of nitrogen functional groups attached to an aromatic ring is 1. The van der Waals surface area contributed by atoms with Crippen molar-refractivity contribution in [3.05, 3.63) is 54.0 Å². The van der Waals surface area contributed by atoms with Gasteiger partial charge in [-0.05, 0) is 37.6 Å². The van der Waals surface area contributed by atoms with Crippen molar-refractivity contribution in [2.24, 2.45) is 0 Å². The third-order valence-corrected chi connectivity index (χ3v) is 5.48. The van der Waals surface area contributed by atoms with Gasteiger partial charge in [-0.15, -0.1) is 0 Å². The Morgan fingerprint density at radius 1 is 1.13 bits per heavy atom. The van der Waals surface area contributed by atoms with Crippen LogP contribution in [0.25, 0.3) is 11.0 Å². The summed E-state index contributed by atoms with van der Waals surface area (Å²) >= 11 is 0. The molecular formula is C20H20F2N4O4. The molecule has 2 aliphatic heterocycles. The van der Waals surface area contributed by atoms with E-state index in [0.717, 1.165) is 12.1 Å². The van der Waals surface area contributed by atoms with Crippen molar-refractivity contribution in [3.63, 3.8) is 0 Å². The van der Waals surface area contributed by atoms with Gasteiger partial charge < -0.3 is 29.6 Å². The number of anilines is 1. The lowest BCUT2D eigenvalue weighted by atomic mass is 9.99. The van der Waals surface area contributed by atoms with E-state index in [4.69, 9.17) is 19.9 Å². The molecule has 5 atom stereocenters. The van der Waals surface area contributed by atoms with Crippen LogP contribution in [0.15, 0.2) is 36.8 Å². The fraction of sp³-hybridized carbons (Fsp3) is 0.400. The van der Waals surface area contributed by atoms with E-state index in [1.165, 1.54) is 12.4 Å². The van der Waals surface area contributed by atoms with Crippen molar-refractivity contribution in [3.8, 4) is 0 Å². The predicted octanol–water partition coefficient (Wildman–Crippen LogP) is 2.44. The number of fused-ring (bicyclic) bond motifs is 2. The summed E-state index contributed by atoms with van der Waals surface area (Å²) < 4.78 is 47.0. The van der Waals surface area contributed by atoms with Crippen LogP contribution >= 0.6 is 0 Å². The molecule has 3 aromatic rings. The summed E-state index contributed by atoms with van der Waals surface area (Å²) in [5.41, 5.74) is 6.65. The summed E-state index contributed by atoms with van der Waals surface area (Å²) in [5.74, 6) is -2.63. The molecule has 2 aliphatic rings. The Balaban J connectivity index is 1.54. The van der Waals surface area contributed by atoms with Crippen LogP contribution in [0, 0.1) is 11.6 Å². The Bertz CT molecular complexity index is 1120. The van der Waals surface area contributed by atoms with E-state index in [0.29, 0.717) is 16.9 Å². The van der Waals surface area contributed by atoms with Gasteiger partial charge in [0, 0.05) is 6.20 Å². The number of aliphatic hydroxyl groups is 1. The Labute approximate surface area is 170 Å². The van der Waals surface area contributed by atoms with Gasteiger partial charge >= 0.3 is 0 Å². The van der Waals surface area contributed by atoms with Crippen molar-refractivity contribution < 1.29 is 28.1 Å². The normalized spacial score (nSPS) is 28.7. The number of hydrogen-bond donors (Lipinski definition) is 2. The van der Waals surface area contributed by atoms with Crippen molar-refractivity contribution >= 4 is 16.9 Å². The van der Waals surface area contributed by atoms with Crippen LogP contribution in [0.5, 0.6) is 0 Å². The number of hydrogen-bond acceptors (Lipinski definition) is 7. The maximum atomic E-state index is 13.7. The third kappa shape index (κ3) is 2.95. The van der Waals surface area contributed by atoms with Gasteiger partial charge in [-0.2, -0.15) is 0 Å². The highest BCUT2D eigenvalue weighted by Crippen LogP contribution is 2.47. The van der Waals surface area contributed by atoms with Gasteiger partial charge in [0.15, 0.2) is 23.6 Å². The minimum Gasteiger partial charge on any atom is -0.386 e. The summed E-state index contributed by atoms with van der Waals surface area (Å²) in [6, 6.07) is 5.00. The zero-order valence-electron chi connectivity index (χ0n) is 16.2. The van der Waals surface area contributed by atoms with Crippen LogP contribution in [0.3, 0.4) is 0 Å². The fourth-order valence-corrected chi connectivity index (χ4v) is 4.17. The van der Waals surface area contributed by atoms with Gasteiger partial charge in [-0.1, -0.05) is 6.07 Å². The molecule has 0 aliphatic carbocycles. The number of benzene rings is 1. The number of nitrogens with zero attached hydrogens (tertiary/aromatic N) is 3. The lowest BCUT2D eigenvalue weighted by molar-refractivity contribution is -0.207. The minimum atomic E-state index is -1.27. The molecule has 0 spiro atoms. The number of nitrogens with two attached hydrogens (primary N) is 1. The highest BCUT2D eigenvalue weighted by molar-refractivity contribution is 5.86. The number of aromatic nitrogens is 3. The second-order valence-electron chi connectivity index (χ2n) is 7.89. The van der Waals surface area contributed by atoms with Crippen LogP contribution in [0.4, 0.5) is 14.6 Å². The molecule has 3 N–H and O–H groups in total. The van der Waals surface area contributed by atoms with Gasteiger partial charge in [0.05, 0.1) is 5.39 Å².